The number of carbonyl (C=O) groups is 1. The van der Waals surface area contributed by atoms with Gasteiger partial charge >= 0.3 is 0 Å². The summed E-state index contributed by atoms with van der Waals surface area (Å²) in [7, 11) is 0. The number of hydrogen-bond acceptors (Lipinski definition) is 2. The van der Waals surface area contributed by atoms with Crippen molar-refractivity contribution in [3.05, 3.63) is 47.5 Å². The van der Waals surface area contributed by atoms with E-state index in [1.807, 2.05) is 11.0 Å². The predicted octanol–water partition coefficient (Wildman–Crippen LogP) is 3.13. The Bertz CT molecular complexity index is 683. The highest BCUT2D eigenvalue weighted by atomic mass is 16.2. The summed E-state index contributed by atoms with van der Waals surface area (Å²) < 4.78 is 0. The van der Waals surface area contributed by atoms with E-state index in [0.717, 1.165) is 45.0 Å². The van der Waals surface area contributed by atoms with Crippen LogP contribution in [-0.4, -0.2) is 49.5 Å². The Hall–Kier alpha value is -2.30. The Labute approximate surface area is 169 Å². The minimum absolute atomic E-state index is 0.266. The summed E-state index contributed by atoms with van der Waals surface area (Å²) in [5, 5.41) is 6.76. The second-order valence-electron chi connectivity index (χ2n) is 7.80. The van der Waals surface area contributed by atoms with Gasteiger partial charge in [-0.05, 0) is 44.6 Å². The number of hydrogen-bond donors (Lipinski definition) is 2. The molecule has 0 radical (unpaired) electrons. The minimum Gasteiger partial charge on any atom is -0.357 e. The SMILES string of the molecule is CCNC(=NCC1CC(=O)N(CCc2ccccc2)C1)NCCC1=CCCC1. The Morgan fingerprint density at radius 1 is 1.21 bits per heavy atom. The standard InChI is InChI=1S/C23H34N4O/c1-2-24-23(25-14-12-19-10-6-7-11-19)26-17-21-16-22(28)27(18-21)15-13-20-8-4-3-5-9-20/h3-5,8-10,21H,2,6-7,11-18H2,1H3,(H2,24,25,26). The lowest BCUT2D eigenvalue weighted by Crippen LogP contribution is -2.38. The zero-order valence-corrected chi connectivity index (χ0v) is 17.1. The third-order valence-electron chi connectivity index (χ3n) is 5.53. The van der Waals surface area contributed by atoms with E-state index in [9.17, 15) is 4.79 Å². The molecule has 1 aromatic rings. The molecule has 1 aliphatic heterocycles. The number of amides is 1. The van der Waals surface area contributed by atoms with Gasteiger partial charge in [0.1, 0.15) is 0 Å². The Balaban J connectivity index is 1.42. The summed E-state index contributed by atoms with van der Waals surface area (Å²) in [6.45, 7) is 6.18. The monoisotopic (exact) mass is 382 g/mol. The number of nitrogens with one attached hydrogen (secondary N) is 2. The average Bonchev–Trinajstić information content (AvgIpc) is 3.35. The molecule has 1 aromatic carbocycles. The Morgan fingerprint density at radius 3 is 2.82 bits per heavy atom. The molecule has 3 rings (SSSR count). The molecular weight excluding hydrogens is 348 g/mol. The normalized spacial score (nSPS) is 19.8. The van der Waals surface area contributed by atoms with Crippen LogP contribution in [0, 0.1) is 5.92 Å². The third-order valence-corrected chi connectivity index (χ3v) is 5.53. The van der Waals surface area contributed by atoms with E-state index in [2.05, 4.69) is 47.9 Å². The van der Waals surface area contributed by atoms with E-state index in [-0.39, 0.29) is 5.91 Å². The molecule has 0 aromatic heterocycles. The van der Waals surface area contributed by atoms with Crippen molar-refractivity contribution < 1.29 is 4.79 Å². The molecule has 1 aliphatic carbocycles. The van der Waals surface area contributed by atoms with Gasteiger partial charge in [0.15, 0.2) is 5.96 Å². The maximum Gasteiger partial charge on any atom is 0.223 e. The first-order valence-corrected chi connectivity index (χ1v) is 10.8. The summed E-state index contributed by atoms with van der Waals surface area (Å²) in [5.41, 5.74) is 2.85. The van der Waals surface area contributed by atoms with Crippen molar-refractivity contribution in [2.75, 3.05) is 32.7 Å². The highest BCUT2D eigenvalue weighted by molar-refractivity contribution is 5.80. The van der Waals surface area contributed by atoms with Crippen LogP contribution in [0.4, 0.5) is 0 Å². The van der Waals surface area contributed by atoms with Crippen LogP contribution in [0.1, 0.15) is 44.6 Å². The van der Waals surface area contributed by atoms with Crippen molar-refractivity contribution in [3.63, 3.8) is 0 Å². The fraction of sp³-hybridized carbons (Fsp3) is 0.565. The molecule has 1 saturated heterocycles. The number of nitrogens with zero attached hydrogens (tertiary/aromatic N) is 2. The summed E-state index contributed by atoms with van der Waals surface area (Å²) in [6.07, 6.45) is 8.80. The first-order valence-electron chi connectivity index (χ1n) is 10.8. The van der Waals surface area contributed by atoms with Crippen LogP contribution >= 0.6 is 0 Å². The highest BCUT2D eigenvalue weighted by Gasteiger charge is 2.28. The van der Waals surface area contributed by atoms with Crippen LogP contribution in [0.5, 0.6) is 0 Å². The maximum absolute atomic E-state index is 12.3. The molecule has 1 fully saturated rings. The van der Waals surface area contributed by atoms with Gasteiger partial charge in [-0.3, -0.25) is 9.79 Å². The number of carbonyl (C=O) groups excluding carboxylic acids is 1. The van der Waals surface area contributed by atoms with Crippen LogP contribution in [0.15, 0.2) is 47.0 Å². The molecule has 1 unspecified atom stereocenters. The van der Waals surface area contributed by atoms with Gasteiger partial charge in [-0.2, -0.15) is 0 Å². The largest absolute Gasteiger partial charge is 0.357 e. The highest BCUT2D eigenvalue weighted by Crippen LogP contribution is 2.20. The molecule has 2 N–H and O–H groups in total. The fourth-order valence-corrected chi connectivity index (χ4v) is 3.97. The molecule has 1 heterocycles. The van der Waals surface area contributed by atoms with Crippen molar-refractivity contribution in [3.8, 4) is 0 Å². The molecule has 5 heteroatoms. The summed E-state index contributed by atoms with van der Waals surface area (Å²) in [6, 6.07) is 10.4. The summed E-state index contributed by atoms with van der Waals surface area (Å²) in [5.74, 6) is 1.45. The lowest BCUT2D eigenvalue weighted by Gasteiger charge is -2.16. The molecule has 2 aliphatic rings. The van der Waals surface area contributed by atoms with Crippen LogP contribution in [0.3, 0.4) is 0 Å². The topological polar surface area (TPSA) is 56.7 Å². The van der Waals surface area contributed by atoms with Gasteiger partial charge in [-0.25, -0.2) is 0 Å². The number of benzene rings is 1. The number of allylic oxidation sites excluding steroid dienone is 1. The van der Waals surface area contributed by atoms with Gasteiger partial charge in [0, 0.05) is 45.1 Å². The van der Waals surface area contributed by atoms with E-state index >= 15 is 0 Å². The molecular formula is C23H34N4O. The second-order valence-corrected chi connectivity index (χ2v) is 7.80. The molecule has 0 spiro atoms. The van der Waals surface area contributed by atoms with Gasteiger partial charge in [-0.1, -0.05) is 42.0 Å². The lowest BCUT2D eigenvalue weighted by molar-refractivity contribution is -0.127. The van der Waals surface area contributed by atoms with E-state index in [0.29, 0.717) is 18.9 Å². The molecule has 28 heavy (non-hydrogen) atoms. The smallest absolute Gasteiger partial charge is 0.223 e. The third kappa shape index (κ3) is 6.39. The van der Waals surface area contributed by atoms with Crippen LogP contribution in [0.2, 0.25) is 0 Å². The van der Waals surface area contributed by atoms with Crippen LogP contribution in [0.25, 0.3) is 0 Å². The van der Waals surface area contributed by atoms with Crippen molar-refractivity contribution in [1.29, 1.82) is 0 Å². The van der Waals surface area contributed by atoms with Gasteiger partial charge < -0.3 is 15.5 Å². The van der Waals surface area contributed by atoms with Gasteiger partial charge in [0.25, 0.3) is 0 Å². The van der Waals surface area contributed by atoms with Gasteiger partial charge in [-0.15, -0.1) is 0 Å². The Kier molecular flexibility index (Phi) is 7.94. The zero-order chi connectivity index (χ0) is 19.6. The Morgan fingerprint density at radius 2 is 2.07 bits per heavy atom. The second kappa shape index (κ2) is 10.9. The van der Waals surface area contributed by atoms with E-state index < -0.39 is 0 Å². The van der Waals surface area contributed by atoms with Crippen LogP contribution < -0.4 is 10.6 Å². The summed E-state index contributed by atoms with van der Waals surface area (Å²) in [4.78, 5) is 19.1. The molecule has 1 amide bonds. The van der Waals surface area contributed by atoms with Crippen molar-refractivity contribution in [2.24, 2.45) is 10.9 Å². The molecule has 152 valence electrons. The van der Waals surface area contributed by atoms with Crippen molar-refractivity contribution in [2.45, 2.75) is 45.4 Å². The van der Waals surface area contributed by atoms with E-state index in [1.165, 1.54) is 24.8 Å². The molecule has 1 atom stereocenters. The lowest BCUT2D eigenvalue weighted by atomic mass is 10.1. The van der Waals surface area contributed by atoms with Gasteiger partial charge in [0.05, 0.1) is 0 Å². The first kappa shape index (κ1) is 20.4. The van der Waals surface area contributed by atoms with Crippen molar-refractivity contribution in [1.82, 2.24) is 15.5 Å². The van der Waals surface area contributed by atoms with E-state index in [1.54, 1.807) is 5.57 Å². The average molecular weight is 383 g/mol. The molecule has 0 saturated carbocycles. The first-order chi connectivity index (χ1) is 13.7. The van der Waals surface area contributed by atoms with Crippen molar-refractivity contribution >= 4 is 11.9 Å². The number of aliphatic imine (C=N–C) groups is 1. The van der Waals surface area contributed by atoms with Gasteiger partial charge in [0.2, 0.25) is 5.91 Å². The fourth-order valence-electron chi connectivity index (χ4n) is 3.97. The number of guanidine groups is 1. The molecule has 0 bridgehead atoms. The predicted molar refractivity (Wildman–Crippen MR) is 115 cm³/mol. The minimum atomic E-state index is 0.266. The summed E-state index contributed by atoms with van der Waals surface area (Å²) >= 11 is 0. The van der Waals surface area contributed by atoms with Crippen LogP contribution in [-0.2, 0) is 11.2 Å². The number of likely N-dealkylation sites (tertiary alicyclic amines) is 1. The quantitative estimate of drug-likeness (QED) is 0.392. The molecule has 5 nitrogen and oxygen atoms in total. The zero-order valence-electron chi connectivity index (χ0n) is 17.1. The number of rotatable bonds is 9. The van der Waals surface area contributed by atoms with E-state index in [4.69, 9.17) is 4.99 Å². The maximum atomic E-state index is 12.3.